The third kappa shape index (κ3) is 6.32. The average Bonchev–Trinajstić information content (AvgIpc) is 3.33. The van der Waals surface area contributed by atoms with Gasteiger partial charge < -0.3 is 25.2 Å². The second kappa shape index (κ2) is 10.5. The van der Waals surface area contributed by atoms with Crippen molar-refractivity contribution in [2.45, 2.75) is 51.9 Å². The molecule has 2 aromatic carbocycles. The minimum Gasteiger partial charge on any atom is -0.491 e. The van der Waals surface area contributed by atoms with Crippen LogP contribution < -0.4 is 15.4 Å². The summed E-state index contributed by atoms with van der Waals surface area (Å²) < 4.78 is 11.4. The first-order valence-electron chi connectivity index (χ1n) is 11.8. The van der Waals surface area contributed by atoms with Gasteiger partial charge in [-0.25, -0.2) is 0 Å². The van der Waals surface area contributed by atoms with Crippen molar-refractivity contribution in [3.63, 3.8) is 0 Å². The van der Waals surface area contributed by atoms with Gasteiger partial charge in [-0.05, 0) is 81.1 Å². The fraction of sp³-hybridized carbons (Fsp3) is 0.407. The van der Waals surface area contributed by atoms with Gasteiger partial charge in [0.1, 0.15) is 12.4 Å². The van der Waals surface area contributed by atoms with Gasteiger partial charge in [0.15, 0.2) is 0 Å². The summed E-state index contributed by atoms with van der Waals surface area (Å²) in [6.07, 6.45) is 4.10. The Morgan fingerprint density at radius 3 is 2.74 bits per heavy atom. The fourth-order valence-electron chi connectivity index (χ4n) is 4.00. The van der Waals surface area contributed by atoms with Crippen LogP contribution in [-0.4, -0.2) is 47.5 Å². The lowest BCUT2D eigenvalue weighted by Crippen LogP contribution is -2.34. The van der Waals surface area contributed by atoms with Crippen molar-refractivity contribution >= 4 is 22.5 Å². The molecule has 7 nitrogen and oxygen atoms in total. The van der Waals surface area contributed by atoms with Gasteiger partial charge in [-0.3, -0.25) is 9.78 Å². The van der Waals surface area contributed by atoms with Crippen LogP contribution in [0.15, 0.2) is 48.7 Å². The summed E-state index contributed by atoms with van der Waals surface area (Å²) >= 11 is 0. The minimum absolute atomic E-state index is 0.160. The Balaban J connectivity index is 1.38. The van der Waals surface area contributed by atoms with E-state index < -0.39 is 5.60 Å². The number of nitrogens with zero attached hydrogens (tertiary/aromatic N) is 1. The lowest BCUT2D eigenvalue weighted by molar-refractivity contribution is 0.0679. The van der Waals surface area contributed by atoms with Crippen LogP contribution in [0, 0.1) is 6.92 Å². The molecule has 4 rings (SSSR count). The van der Waals surface area contributed by atoms with E-state index in [-0.39, 0.29) is 12.0 Å². The number of aryl methyl sites for hydroxylation is 1. The van der Waals surface area contributed by atoms with E-state index in [1.165, 1.54) is 0 Å². The molecule has 0 radical (unpaired) electrons. The van der Waals surface area contributed by atoms with Gasteiger partial charge in [-0.1, -0.05) is 6.07 Å². The van der Waals surface area contributed by atoms with Gasteiger partial charge >= 0.3 is 0 Å². The van der Waals surface area contributed by atoms with E-state index in [2.05, 4.69) is 21.7 Å². The number of hydrogen-bond acceptors (Lipinski definition) is 6. The molecule has 1 amide bonds. The van der Waals surface area contributed by atoms with Crippen LogP contribution in [0.25, 0.3) is 10.9 Å². The van der Waals surface area contributed by atoms with Crippen LogP contribution in [0.2, 0.25) is 0 Å². The monoisotopic (exact) mass is 463 g/mol. The van der Waals surface area contributed by atoms with Gasteiger partial charge in [-0.2, -0.15) is 0 Å². The van der Waals surface area contributed by atoms with Gasteiger partial charge in [0, 0.05) is 42.5 Å². The number of ether oxygens (including phenoxy) is 2. The van der Waals surface area contributed by atoms with E-state index in [9.17, 15) is 9.90 Å². The number of anilines is 1. The number of carbonyl (C=O) groups excluding carboxylic acids is 1. The number of amides is 1. The van der Waals surface area contributed by atoms with Crippen molar-refractivity contribution in [2.75, 3.05) is 25.1 Å². The summed E-state index contributed by atoms with van der Waals surface area (Å²) in [5.74, 6) is 0.548. The summed E-state index contributed by atoms with van der Waals surface area (Å²) in [6.45, 7) is 7.96. The van der Waals surface area contributed by atoms with Crippen molar-refractivity contribution in [2.24, 2.45) is 0 Å². The van der Waals surface area contributed by atoms with E-state index in [1.54, 1.807) is 26.0 Å². The van der Waals surface area contributed by atoms with E-state index >= 15 is 0 Å². The molecular weight excluding hydrogens is 430 g/mol. The normalized spacial score (nSPS) is 16.1. The number of rotatable bonds is 9. The molecule has 1 aromatic heterocycles. The van der Waals surface area contributed by atoms with Crippen molar-refractivity contribution < 1.29 is 19.4 Å². The first kappa shape index (κ1) is 24.1. The maximum Gasteiger partial charge on any atom is 0.255 e. The molecular formula is C27H33N3O4. The quantitative estimate of drug-likeness (QED) is 0.440. The SMILES string of the molecule is Cc1c(NC(=O)c2ccc(OC[C@@H]3CCCO3)cc2)ccc2cc(CNCC(C)(C)O)cnc12. The zero-order valence-electron chi connectivity index (χ0n) is 20.1. The summed E-state index contributed by atoms with van der Waals surface area (Å²) in [7, 11) is 0. The Labute approximate surface area is 200 Å². The molecule has 0 saturated carbocycles. The first-order valence-corrected chi connectivity index (χ1v) is 11.8. The molecule has 180 valence electrons. The van der Waals surface area contributed by atoms with Crippen LogP contribution in [0.3, 0.4) is 0 Å². The maximum absolute atomic E-state index is 12.8. The van der Waals surface area contributed by atoms with Crippen LogP contribution in [0.1, 0.15) is 48.2 Å². The average molecular weight is 464 g/mol. The van der Waals surface area contributed by atoms with E-state index in [0.717, 1.165) is 52.9 Å². The van der Waals surface area contributed by atoms with Crippen molar-refractivity contribution in [3.8, 4) is 5.75 Å². The molecule has 0 unspecified atom stereocenters. The van der Waals surface area contributed by atoms with Crippen LogP contribution >= 0.6 is 0 Å². The summed E-state index contributed by atoms with van der Waals surface area (Å²) in [4.78, 5) is 17.4. The molecule has 0 bridgehead atoms. The smallest absolute Gasteiger partial charge is 0.255 e. The van der Waals surface area contributed by atoms with Gasteiger partial charge in [0.25, 0.3) is 5.91 Å². The lowest BCUT2D eigenvalue weighted by Gasteiger charge is -2.17. The van der Waals surface area contributed by atoms with Gasteiger partial charge in [-0.15, -0.1) is 0 Å². The summed E-state index contributed by atoms with van der Waals surface area (Å²) in [6, 6.07) is 13.1. The second-order valence-electron chi connectivity index (χ2n) is 9.49. The molecule has 3 N–H and O–H groups in total. The number of aromatic nitrogens is 1. The topological polar surface area (TPSA) is 92.7 Å². The van der Waals surface area contributed by atoms with Gasteiger partial charge in [0.2, 0.25) is 0 Å². The summed E-state index contributed by atoms with van der Waals surface area (Å²) in [5, 5.41) is 17.1. The zero-order chi connectivity index (χ0) is 24.1. The highest BCUT2D eigenvalue weighted by Gasteiger charge is 2.16. The predicted molar refractivity (Wildman–Crippen MR) is 133 cm³/mol. The molecule has 2 heterocycles. The van der Waals surface area contributed by atoms with E-state index in [1.807, 2.05) is 37.4 Å². The molecule has 0 spiro atoms. The number of carbonyl (C=O) groups is 1. The Morgan fingerprint density at radius 1 is 1.24 bits per heavy atom. The Morgan fingerprint density at radius 2 is 2.03 bits per heavy atom. The van der Waals surface area contributed by atoms with E-state index in [0.29, 0.717) is 25.3 Å². The Hall–Kier alpha value is -3.00. The maximum atomic E-state index is 12.8. The van der Waals surface area contributed by atoms with Crippen molar-refractivity contribution in [3.05, 3.63) is 65.4 Å². The zero-order valence-corrected chi connectivity index (χ0v) is 20.1. The second-order valence-corrected chi connectivity index (χ2v) is 9.49. The van der Waals surface area contributed by atoms with Gasteiger partial charge in [0.05, 0.1) is 17.2 Å². The number of nitrogens with one attached hydrogen (secondary N) is 2. The van der Waals surface area contributed by atoms with Crippen molar-refractivity contribution in [1.82, 2.24) is 10.3 Å². The Bertz CT molecular complexity index is 1130. The number of benzene rings is 2. The molecule has 1 saturated heterocycles. The molecule has 1 aliphatic rings. The van der Waals surface area contributed by atoms with Crippen LogP contribution in [-0.2, 0) is 11.3 Å². The predicted octanol–water partition coefficient (Wildman–Crippen LogP) is 4.21. The minimum atomic E-state index is -0.758. The third-order valence-corrected chi connectivity index (χ3v) is 5.87. The largest absolute Gasteiger partial charge is 0.491 e. The fourth-order valence-corrected chi connectivity index (χ4v) is 4.00. The number of hydrogen-bond donors (Lipinski definition) is 3. The molecule has 3 aromatic rings. The van der Waals surface area contributed by atoms with E-state index in [4.69, 9.17) is 9.47 Å². The number of pyridine rings is 1. The van der Waals surface area contributed by atoms with Crippen molar-refractivity contribution in [1.29, 1.82) is 0 Å². The molecule has 34 heavy (non-hydrogen) atoms. The van der Waals surface area contributed by atoms with Crippen LogP contribution in [0.4, 0.5) is 5.69 Å². The number of aliphatic hydroxyl groups is 1. The van der Waals surface area contributed by atoms with Crippen LogP contribution in [0.5, 0.6) is 5.75 Å². The highest BCUT2D eigenvalue weighted by molar-refractivity contribution is 6.06. The molecule has 1 atom stereocenters. The molecule has 0 aliphatic carbocycles. The lowest BCUT2D eigenvalue weighted by atomic mass is 10.1. The summed E-state index contributed by atoms with van der Waals surface area (Å²) in [5.41, 5.74) is 3.34. The molecule has 1 aliphatic heterocycles. The first-order chi connectivity index (χ1) is 16.3. The highest BCUT2D eigenvalue weighted by Crippen LogP contribution is 2.25. The Kier molecular flexibility index (Phi) is 7.46. The third-order valence-electron chi connectivity index (χ3n) is 5.87. The molecule has 1 fully saturated rings. The standard InChI is InChI=1S/C27H33N3O4/c1-18-24(11-8-21-13-19(15-29-25(18)21)14-28-17-27(2,3)32)30-26(31)20-6-9-22(10-7-20)34-16-23-5-4-12-33-23/h6-11,13,15,23,28,32H,4-5,12,14,16-17H2,1-3H3,(H,30,31)/t23-/m0/s1. The number of fused-ring (bicyclic) bond motifs is 1. The highest BCUT2D eigenvalue weighted by atomic mass is 16.5. The molecule has 7 heteroatoms.